The number of hydrogen-bond acceptors (Lipinski definition) is 5. The van der Waals surface area contributed by atoms with E-state index in [-0.39, 0.29) is 12.5 Å². The zero-order valence-corrected chi connectivity index (χ0v) is 15.4. The number of benzene rings is 2. The molecule has 0 atom stereocenters. The van der Waals surface area contributed by atoms with Gasteiger partial charge in [-0.05, 0) is 36.4 Å². The highest BCUT2D eigenvalue weighted by Crippen LogP contribution is 2.20. The van der Waals surface area contributed by atoms with Gasteiger partial charge in [-0.3, -0.25) is 9.59 Å². The number of nitrogens with one attached hydrogen (secondary N) is 1. The van der Waals surface area contributed by atoms with Gasteiger partial charge in [-0.2, -0.15) is 0 Å². The van der Waals surface area contributed by atoms with Crippen LogP contribution in [-0.4, -0.2) is 56.5 Å². The van der Waals surface area contributed by atoms with Gasteiger partial charge in [0.1, 0.15) is 5.75 Å². The molecule has 0 unspecified atom stereocenters. The maximum atomic E-state index is 12.5. The van der Waals surface area contributed by atoms with E-state index in [1.54, 1.807) is 31.4 Å². The first-order valence-corrected chi connectivity index (χ1v) is 8.88. The first kappa shape index (κ1) is 18.6. The van der Waals surface area contributed by atoms with Crippen molar-refractivity contribution in [3.05, 3.63) is 54.1 Å². The quantitative estimate of drug-likeness (QED) is 0.808. The van der Waals surface area contributed by atoms with Gasteiger partial charge in [0.2, 0.25) is 5.91 Å². The summed E-state index contributed by atoms with van der Waals surface area (Å²) >= 11 is 0. The van der Waals surface area contributed by atoms with Crippen LogP contribution in [0, 0.1) is 0 Å². The molecule has 0 bridgehead atoms. The molecule has 1 aliphatic rings. The van der Waals surface area contributed by atoms with Crippen molar-refractivity contribution in [2.45, 2.75) is 0 Å². The Kier molecular flexibility index (Phi) is 5.80. The lowest BCUT2D eigenvalue weighted by Crippen LogP contribution is -2.50. The zero-order valence-electron chi connectivity index (χ0n) is 15.4. The molecular formula is C20H24N4O3. The van der Waals surface area contributed by atoms with Gasteiger partial charge >= 0.3 is 0 Å². The van der Waals surface area contributed by atoms with Crippen LogP contribution < -0.4 is 20.7 Å². The number of nitrogens with zero attached hydrogens (tertiary/aromatic N) is 2. The molecule has 7 heteroatoms. The van der Waals surface area contributed by atoms with E-state index >= 15 is 0 Å². The van der Waals surface area contributed by atoms with Crippen LogP contribution in [0.15, 0.2) is 48.5 Å². The van der Waals surface area contributed by atoms with Crippen molar-refractivity contribution < 1.29 is 14.3 Å². The van der Waals surface area contributed by atoms with E-state index in [0.717, 1.165) is 24.5 Å². The van der Waals surface area contributed by atoms with Gasteiger partial charge in [0.25, 0.3) is 5.91 Å². The van der Waals surface area contributed by atoms with E-state index in [0.29, 0.717) is 24.3 Å². The van der Waals surface area contributed by atoms with Crippen molar-refractivity contribution in [3.63, 3.8) is 0 Å². The van der Waals surface area contributed by atoms with Crippen molar-refractivity contribution in [1.29, 1.82) is 0 Å². The summed E-state index contributed by atoms with van der Waals surface area (Å²) < 4.78 is 5.18. The number of methoxy groups -OCH3 is 1. The Balaban J connectivity index is 1.52. The molecule has 3 rings (SSSR count). The summed E-state index contributed by atoms with van der Waals surface area (Å²) in [5, 5.41) is 3.03. The standard InChI is InChI=1S/C20H24N4O3/c1-27-16-8-6-15(7-9-16)23-10-12-24(13-11-23)19(25)14-22-18-5-3-2-4-17(18)20(21)26/h2-9,22H,10-14H2,1H3,(H2,21,26). The molecular weight excluding hydrogens is 344 g/mol. The molecule has 1 fully saturated rings. The van der Waals surface area contributed by atoms with Gasteiger partial charge in [0.05, 0.1) is 19.2 Å². The Morgan fingerprint density at radius 2 is 1.70 bits per heavy atom. The normalized spacial score (nSPS) is 14.0. The van der Waals surface area contributed by atoms with Gasteiger partial charge in [0.15, 0.2) is 0 Å². The van der Waals surface area contributed by atoms with Crippen molar-refractivity contribution in [2.75, 3.05) is 50.1 Å². The maximum Gasteiger partial charge on any atom is 0.250 e. The van der Waals surface area contributed by atoms with Crippen molar-refractivity contribution in [1.82, 2.24) is 4.90 Å². The number of carbonyl (C=O) groups is 2. The average molecular weight is 368 g/mol. The molecule has 0 aromatic heterocycles. The molecule has 1 saturated heterocycles. The van der Waals surface area contributed by atoms with Crippen molar-refractivity contribution in [2.24, 2.45) is 5.73 Å². The van der Waals surface area contributed by atoms with E-state index in [9.17, 15) is 9.59 Å². The number of carbonyl (C=O) groups excluding carboxylic acids is 2. The molecule has 1 heterocycles. The number of nitrogens with two attached hydrogens (primary N) is 1. The number of primary amides is 1. The Hall–Kier alpha value is -3.22. The van der Waals surface area contributed by atoms with Gasteiger partial charge in [-0.15, -0.1) is 0 Å². The molecule has 0 saturated carbocycles. The minimum Gasteiger partial charge on any atom is -0.497 e. The number of ether oxygens (including phenoxy) is 1. The van der Waals surface area contributed by atoms with Crippen molar-refractivity contribution in [3.8, 4) is 5.75 Å². The largest absolute Gasteiger partial charge is 0.497 e. The maximum absolute atomic E-state index is 12.5. The molecule has 0 spiro atoms. The monoisotopic (exact) mass is 368 g/mol. The second-order valence-electron chi connectivity index (χ2n) is 6.33. The Morgan fingerprint density at radius 1 is 1.04 bits per heavy atom. The molecule has 2 aromatic rings. The fourth-order valence-corrected chi connectivity index (χ4v) is 3.14. The summed E-state index contributed by atoms with van der Waals surface area (Å²) in [6, 6.07) is 14.9. The number of para-hydroxylation sites is 1. The molecule has 1 aliphatic heterocycles. The highest BCUT2D eigenvalue weighted by molar-refractivity contribution is 5.99. The van der Waals surface area contributed by atoms with Gasteiger partial charge in [-0.1, -0.05) is 12.1 Å². The molecule has 7 nitrogen and oxygen atoms in total. The average Bonchev–Trinajstić information content (AvgIpc) is 2.72. The van der Waals surface area contributed by atoms with Gasteiger partial charge in [0, 0.05) is 37.6 Å². The van der Waals surface area contributed by atoms with Crippen LogP contribution in [-0.2, 0) is 4.79 Å². The van der Waals surface area contributed by atoms with Crippen LogP contribution in [0.3, 0.4) is 0 Å². The van der Waals surface area contributed by atoms with E-state index in [4.69, 9.17) is 10.5 Å². The number of anilines is 2. The van der Waals surface area contributed by atoms with E-state index in [2.05, 4.69) is 10.2 Å². The minimum atomic E-state index is -0.515. The Bertz CT molecular complexity index is 799. The highest BCUT2D eigenvalue weighted by Gasteiger charge is 2.21. The minimum absolute atomic E-state index is 0.00338. The topological polar surface area (TPSA) is 87.9 Å². The molecule has 0 aliphatic carbocycles. The van der Waals surface area contributed by atoms with Crippen LogP contribution in [0.2, 0.25) is 0 Å². The van der Waals surface area contributed by atoms with Gasteiger partial charge < -0.3 is 25.6 Å². The zero-order chi connectivity index (χ0) is 19.2. The predicted octanol–water partition coefficient (Wildman–Crippen LogP) is 1.55. The molecule has 2 amide bonds. The molecule has 27 heavy (non-hydrogen) atoms. The summed E-state index contributed by atoms with van der Waals surface area (Å²) in [6.45, 7) is 2.99. The number of hydrogen-bond donors (Lipinski definition) is 2. The first-order valence-electron chi connectivity index (χ1n) is 8.88. The second-order valence-corrected chi connectivity index (χ2v) is 6.33. The second kappa shape index (κ2) is 8.44. The fraction of sp³-hybridized carbons (Fsp3) is 0.300. The Labute approximate surface area is 158 Å². The summed E-state index contributed by atoms with van der Waals surface area (Å²) in [4.78, 5) is 28.0. The third-order valence-corrected chi connectivity index (χ3v) is 4.69. The first-order chi connectivity index (χ1) is 13.1. The third-order valence-electron chi connectivity index (χ3n) is 4.69. The third kappa shape index (κ3) is 4.49. The SMILES string of the molecule is COc1ccc(N2CCN(C(=O)CNc3ccccc3C(N)=O)CC2)cc1. The lowest BCUT2D eigenvalue weighted by Gasteiger charge is -2.36. The van der Waals surface area contributed by atoms with Crippen LogP contribution >= 0.6 is 0 Å². The fourth-order valence-electron chi connectivity index (χ4n) is 3.14. The molecule has 142 valence electrons. The highest BCUT2D eigenvalue weighted by atomic mass is 16.5. The number of rotatable bonds is 6. The molecule has 2 aromatic carbocycles. The van der Waals surface area contributed by atoms with E-state index in [1.807, 2.05) is 29.2 Å². The summed E-state index contributed by atoms with van der Waals surface area (Å²) in [7, 11) is 1.65. The van der Waals surface area contributed by atoms with Crippen LogP contribution in [0.25, 0.3) is 0 Å². The number of piperazine rings is 1. The number of amides is 2. The van der Waals surface area contributed by atoms with Gasteiger partial charge in [-0.25, -0.2) is 0 Å². The predicted molar refractivity (Wildman–Crippen MR) is 105 cm³/mol. The summed E-state index contributed by atoms with van der Waals surface area (Å²) in [5.41, 5.74) is 7.45. The van der Waals surface area contributed by atoms with Crippen molar-refractivity contribution >= 4 is 23.2 Å². The molecule has 3 N–H and O–H groups in total. The summed E-state index contributed by atoms with van der Waals surface area (Å²) in [5.74, 6) is 0.317. The Morgan fingerprint density at radius 3 is 2.33 bits per heavy atom. The van der Waals surface area contributed by atoms with E-state index < -0.39 is 5.91 Å². The summed E-state index contributed by atoms with van der Waals surface area (Å²) in [6.07, 6.45) is 0. The van der Waals surface area contributed by atoms with Crippen LogP contribution in [0.1, 0.15) is 10.4 Å². The van der Waals surface area contributed by atoms with Crippen LogP contribution in [0.5, 0.6) is 5.75 Å². The van der Waals surface area contributed by atoms with E-state index in [1.165, 1.54) is 0 Å². The lowest BCUT2D eigenvalue weighted by molar-refractivity contribution is -0.129. The smallest absolute Gasteiger partial charge is 0.250 e. The lowest BCUT2D eigenvalue weighted by atomic mass is 10.1. The van der Waals surface area contributed by atoms with Crippen LogP contribution in [0.4, 0.5) is 11.4 Å². The molecule has 0 radical (unpaired) electrons.